The summed E-state index contributed by atoms with van der Waals surface area (Å²) in [5, 5.41) is 11.8. The number of hydrogen-bond acceptors (Lipinski definition) is 4. The first-order valence-electron chi connectivity index (χ1n) is 5.91. The van der Waals surface area contributed by atoms with Crippen molar-refractivity contribution in [1.82, 2.24) is 5.32 Å². The van der Waals surface area contributed by atoms with E-state index in [1.807, 2.05) is 0 Å². The molecule has 0 saturated carbocycles. The third-order valence-electron chi connectivity index (χ3n) is 2.92. The fraction of sp³-hybridized carbons (Fsp3) is 0.385. The van der Waals surface area contributed by atoms with Gasteiger partial charge in [-0.15, -0.1) is 0 Å². The van der Waals surface area contributed by atoms with Crippen LogP contribution in [0.2, 0.25) is 0 Å². The zero-order valence-electron chi connectivity index (χ0n) is 10.5. The second-order valence-electron chi connectivity index (χ2n) is 4.29. The summed E-state index contributed by atoms with van der Waals surface area (Å²) in [7, 11) is 1.42. The van der Waals surface area contributed by atoms with Crippen molar-refractivity contribution in [3.63, 3.8) is 0 Å². The Labute approximate surface area is 110 Å². The Kier molecular flexibility index (Phi) is 4.01. The molecule has 0 aromatic heterocycles. The second-order valence-corrected chi connectivity index (χ2v) is 4.29. The first-order chi connectivity index (χ1) is 9.10. The van der Waals surface area contributed by atoms with Crippen LogP contribution >= 0.6 is 0 Å². The summed E-state index contributed by atoms with van der Waals surface area (Å²) in [6.07, 6.45) is 0.765. The average Bonchev–Trinajstić information content (AvgIpc) is 2.90. The predicted octanol–water partition coefficient (Wildman–Crippen LogP) is 0.912. The SMILES string of the molecule is COc1cc(C(=O)O)cc(C(=O)NC2CCOC2)c1. The molecule has 0 bridgehead atoms. The van der Waals surface area contributed by atoms with E-state index in [4.69, 9.17) is 14.6 Å². The Balaban J connectivity index is 2.19. The lowest BCUT2D eigenvalue weighted by molar-refractivity contribution is 0.0696. The quantitative estimate of drug-likeness (QED) is 0.845. The minimum Gasteiger partial charge on any atom is -0.497 e. The van der Waals surface area contributed by atoms with Gasteiger partial charge in [-0.05, 0) is 24.6 Å². The van der Waals surface area contributed by atoms with Crippen molar-refractivity contribution in [3.05, 3.63) is 29.3 Å². The number of rotatable bonds is 4. The summed E-state index contributed by atoms with van der Waals surface area (Å²) in [6.45, 7) is 1.12. The van der Waals surface area contributed by atoms with Crippen molar-refractivity contribution in [3.8, 4) is 5.75 Å². The number of amides is 1. The van der Waals surface area contributed by atoms with Crippen LogP contribution in [0.3, 0.4) is 0 Å². The molecule has 1 amide bonds. The molecule has 102 valence electrons. The lowest BCUT2D eigenvalue weighted by Crippen LogP contribution is -2.35. The molecule has 1 atom stereocenters. The molecule has 2 rings (SSSR count). The van der Waals surface area contributed by atoms with Crippen molar-refractivity contribution in [2.45, 2.75) is 12.5 Å². The molecule has 0 spiro atoms. The van der Waals surface area contributed by atoms with Crippen LogP contribution in [0.25, 0.3) is 0 Å². The van der Waals surface area contributed by atoms with Crippen LogP contribution < -0.4 is 10.1 Å². The van der Waals surface area contributed by atoms with Crippen LogP contribution in [0.15, 0.2) is 18.2 Å². The highest BCUT2D eigenvalue weighted by Gasteiger charge is 2.20. The van der Waals surface area contributed by atoms with Gasteiger partial charge in [0.2, 0.25) is 0 Å². The van der Waals surface area contributed by atoms with Gasteiger partial charge in [0.25, 0.3) is 5.91 Å². The molecule has 0 aliphatic carbocycles. The number of benzene rings is 1. The standard InChI is InChI=1S/C13H15NO5/c1-18-11-5-8(4-9(6-11)13(16)17)12(15)14-10-2-3-19-7-10/h4-6,10H,2-3,7H2,1H3,(H,14,15)(H,16,17). The Morgan fingerprint density at radius 1 is 1.37 bits per heavy atom. The zero-order chi connectivity index (χ0) is 13.8. The molecule has 2 N–H and O–H groups in total. The van der Waals surface area contributed by atoms with Crippen molar-refractivity contribution in [2.24, 2.45) is 0 Å². The van der Waals surface area contributed by atoms with Crippen LogP contribution in [0.1, 0.15) is 27.1 Å². The Hall–Kier alpha value is -2.08. The van der Waals surface area contributed by atoms with E-state index in [0.717, 1.165) is 6.42 Å². The van der Waals surface area contributed by atoms with Crippen molar-refractivity contribution in [2.75, 3.05) is 20.3 Å². The maximum atomic E-state index is 12.0. The lowest BCUT2D eigenvalue weighted by Gasteiger charge is -2.12. The predicted molar refractivity (Wildman–Crippen MR) is 66.6 cm³/mol. The van der Waals surface area contributed by atoms with Gasteiger partial charge in [0.05, 0.1) is 25.3 Å². The Morgan fingerprint density at radius 3 is 2.68 bits per heavy atom. The molecule has 6 heteroatoms. The molecule has 1 aromatic rings. The van der Waals surface area contributed by atoms with Crippen LogP contribution in [0.5, 0.6) is 5.75 Å². The van der Waals surface area contributed by atoms with Crippen LogP contribution in [0, 0.1) is 0 Å². The number of carbonyl (C=O) groups excluding carboxylic acids is 1. The van der Waals surface area contributed by atoms with Gasteiger partial charge in [-0.1, -0.05) is 0 Å². The van der Waals surface area contributed by atoms with E-state index >= 15 is 0 Å². The normalized spacial score (nSPS) is 18.1. The molecule has 1 heterocycles. The van der Waals surface area contributed by atoms with E-state index in [2.05, 4.69) is 5.32 Å². The molecule has 1 saturated heterocycles. The first kappa shape index (κ1) is 13.4. The molecule has 1 fully saturated rings. The van der Waals surface area contributed by atoms with Gasteiger partial charge in [0, 0.05) is 12.2 Å². The van der Waals surface area contributed by atoms with Crippen LogP contribution in [-0.2, 0) is 4.74 Å². The van der Waals surface area contributed by atoms with Gasteiger partial charge < -0.3 is 19.9 Å². The Bertz CT molecular complexity index is 494. The topological polar surface area (TPSA) is 84.9 Å². The second kappa shape index (κ2) is 5.71. The van der Waals surface area contributed by atoms with Gasteiger partial charge in [-0.2, -0.15) is 0 Å². The van der Waals surface area contributed by atoms with Gasteiger partial charge in [-0.3, -0.25) is 4.79 Å². The van der Waals surface area contributed by atoms with Gasteiger partial charge in [0.15, 0.2) is 0 Å². The largest absolute Gasteiger partial charge is 0.497 e. The fourth-order valence-corrected chi connectivity index (χ4v) is 1.89. The average molecular weight is 265 g/mol. The zero-order valence-corrected chi connectivity index (χ0v) is 10.5. The lowest BCUT2D eigenvalue weighted by atomic mass is 10.1. The molecule has 1 aliphatic heterocycles. The van der Waals surface area contributed by atoms with Crippen molar-refractivity contribution < 1.29 is 24.2 Å². The van der Waals surface area contributed by atoms with Gasteiger partial charge in [-0.25, -0.2) is 4.79 Å². The molecular formula is C13H15NO5. The number of carboxylic acid groups (broad SMARTS) is 1. The fourth-order valence-electron chi connectivity index (χ4n) is 1.89. The summed E-state index contributed by atoms with van der Waals surface area (Å²) in [4.78, 5) is 23.0. The number of aromatic carboxylic acids is 1. The van der Waals surface area contributed by atoms with Crippen LogP contribution in [-0.4, -0.2) is 43.3 Å². The van der Waals surface area contributed by atoms with E-state index in [0.29, 0.717) is 19.0 Å². The van der Waals surface area contributed by atoms with E-state index in [9.17, 15) is 9.59 Å². The molecule has 1 unspecified atom stereocenters. The van der Waals surface area contributed by atoms with E-state index in [1.165, 1.54) is 25.3 Å². The summed E-state index contributed by atoms with van der Waals surface area (Å²) < 4.78 is 10.2. The number of nitrogens with one attached hydrogen (secondary N) is 1. The number of hydrogen-bond donors (Lipinski definition) is 2. The first-order valence-corrected chi connectivity index (χ1v) is 5.91. The maximum absolute atomic E-state index is 12.0. The highest BCUT2D eigenvalue weighted by atomic mass is 16.5. The maximum Gasteiger partial charge on any atom is 0.335 e. The van der Waals surface area contributed by atoms with Gasteiger partial charge in [0.1, 0.15) is 5.75 Å². The molecule has 19 heavy (non-hydrogen) atoms. The minimum atomic E-state index is -1.10. The highest BCUT2D eigenvalue weighted by Crippen LogP contribution is 2.17. The third-order valence-corrected chi connectivity index (χ3v) is 2.92. The highest BCUT2D eigenvalue weighted by molar-refractivity contribution is 5.98. The van der Waals surface area contributed by atoms with Gasteiger partial charge >= 0.3 is 5.97 Å². The van der Waals surface area contributed by atoms with Crippen molar-refractivity contribution >= 4 is 11.9 Å². The third kappa shape index (κ3) is 3.23. The molecular weight excluding hydrogens is 250 g/mol. The Morgan fingerprint density at radius 2 is 2.11 bits per heavy atom. The van der Waals surface area contributed by atoms with E-state index in [-0.39, 0.29) is 23.1 Å². The summed E-state index contributed by atoms with van der Waals surface area (Å²) >= 11 is 0. The molecule has 6 nitrogen and oxygen atoms in total. The number of ether oxygens (including phenoxy) is 2. The van der Waals surface area contributed by atoms with E-state index < -0.39 is 5.97 Å². The summed E-state index contributed by atoms with van der Waals surface area (Å²) in [5.74, 6) is -1.08. The summed E-state index contributed by atoms with van der Waals surface area (Å²) in [6, 6.07) is 4.19. The minimum absolute atomic E-state index is 0.0205. The number of methoxy groups -OCH3 is 1. The monoisotopic (exact) mass is 265 g/mol. The summed E-state index contributed by atoms with van der Waals surface area (Å²) in [5.41, 5.74) is 0.288. The van der Waals surface area contributed by atoms with E-state index in [1.54, 1.807) is 0 Å². The molecule has 1 aromatic carbocycles. The van der Waals surface area contributed by atoms with Crippen LogP contribution in [0.4, 0.5) is 0 Å². The van der Waals surface area contributed by atoms with Crippen molar-refractivity contribution in [1.29, 1.82) is 0 Å². The smallest absolute Gasteiger partial charge is 0.335 e. The number of carboxylic acids is 1. The molecule has 1 aliphatic rings. The molecule has 0 radical (unpaired) electrons. The number of carbonyl (C=O) groups is 2.